The standard InChI is InChI=1S/C51H55N4OSi2.C25H24FN2.Ir/c1-31(2)39-27-35(33-20-22-45-46(30-33)58(10,11)26-25-57(45,8)9)28-40(32(3)4)47(39)55-43-18-13-12-17-42(43)53-49(55)38-16-14-15-37-36-21-19-34(29-44(36)56-48(37)38)41-23-24-52-50(54-41)51(5,6)7;1-16(2)20-8-7-9-21(17(3)4)24(20)28-23-11-6-5-10-22(23)27-25(28)18-12-14-19(26)15-13-18;/h12-15,17-24,27-32H,25-26H2,1-11H3;5-12,14-17H,1-4H3;/q2*-1;. The minimum Gasteiger partial charge on any atom is -0.501 e. The van der Waals surface area contributed by atoms with E-state index in [4.69, 9.17) is 19.4 Å². The van der Waals surface area contributed by atoms with Crippen LogP contribution in [0.15, 0.2) is 162 Å². The predicted octanol–water partition coefficient (Wildman–Crippen LogP) is 19.8. The first-order valence-corrected chi connectivity index (χ1v) is 37.2. The summed E-state index contributed by atoms with van der Waals surface area (Å²) in [6, 6.07) is 62.2. The minimum absolute atomic E-state index is 0. The number of benzene rings is 8. The Morgan fingerprint density at radius 2 is 1.11 bits per heavy atom. The van der Waals surface area contributed by atoms with E-state index in [9.17, 15) is 4.39 Å². The fraction of sp³-hybridized carbons (Fsp3) is 0.289. The second-order valence-electron chi connectivity index (χ2n) is 27.3. The SMILES string of the molecule is CC(C)c1cc(-c2ccc3c(c2)[Si](C)(C)CC[Si]3(C)C)cc(C(C)C)c1-n1c(-c2[c-]ccc3c2oc2cc(-c4ccnc(C(C)(C)C)n4)ccc23)nc2ccccc21.CC(C)c1cccc(C(C)C)c1-n1c(-c2[c-]cc(F)cc2)nc2ccccc21.[Ir]. The maximum atomic E-state index is 13.5. The summed E-state index contributed by atoms with van der Waals surface area (Å²) >= 11 is 0. The summed E-state index contributed by atoms with van der Waals surface area (Å²) < 4.78 is 25.0. The van der Waals surface area contributed by atoms with Gasteiger partial charge in [-0.3, -0.25) is 14.4 Å². The molecule has 0 N–H and O–H groups in total. The van der Waals surface area contributed by atoms with Gasteiger partial charge in [0.2, 0.25) is 0 Å². The van der Waals surface area contributed by atoms with Crippen LogP contribution in [0.25, 0.3) is 101 Å². The Hall–Kier alpha value is -7.41. The molecular weight excluding hydrogens is 1280 g/mol. The molecule has 0 atom stereocenters. The van der Waals surface area contributed by atoms with Crippen molar-refractivity contribution in [3.05, 3.63) is 204 Å². The van der Waals surface area contributed by atoms with Crippen LogP contribution in [0.5, 0.6) is 0 Å². The molecule has 8 aromatic carbocycles. The van der Waals surface area contributed by atoms with Gasteiger partial charge in [0, 0.05) is 59.9 Å². The van der Waals surface area contributed by atoms with Crippen LogP contribution in [0.3, 0.4) is 0 Å². The molecule has 12 aromatic rings. The Bertz CT molecular complexity index is 4500. The van der Waals surface area contributed by atoms with Gasteiger partial charge in [-0.25, -0.2) is 9.97 Å². The van der Waals surface area contributed by atoms with Crippen molar-refractivity contribution >= 4 is 70.5 Å². The van der Waals surface area contributed by atoms with Crippen LogP contribution in [0.4, 0.5) is 4.39 Å². The largest absolute Gasteiger partial charge is 0.501 e. The molecule has 0 unspecified atom stereocenters. The van der Waals surface area contributed by atoms with Gasteiger partial charge in [0.05, 0.1) is 61.1 Å². The fourth-order valence-electron chi connectivity index (χ4n) is 12.9. The maximum Gasteiger partial charge on any atom is 0.134 e. The van der Waals surface area contributed by atoms with Gasteiger partial charge in [-0.2, -0.15) is 0 Å². The Kier molecular flexibility index (Phi) is 16.6. The monoisotopic (exact) mass is 1360 g/mol. The zero-order valence-corrected chi connectivity index (χ0v) is 57.4. The maximum absolute atomic E-state index is 13.5. The first-order valence-electron chi connectivity index (χ1n) is 30.8. The van der Waals surface area contributed by atoms with Gasteiger partial charge < -0.3 is 13.6 Å². The number of imidazole rings is 2. The van der Waals surface area contributed by atoms with Crippen molar-refractivity contribution < 1.29 is 28.9 Å². The van der Waals surface area contributed by atoms with Crippen LogP contribution < -0.4 is 10.4 Å². The predicted molar refractivity (Wildman–Crippen MR) is 363 cm³/mol. The molecule has 5 heterocycles. The van der Waals surface area contributed by atoms with Crippen LogP contribution >= 0.6 is 0 Å². The number of aromatic nitrogens is 6. The number of fused-ring (bicyclic) bond motifs is 6. The summed E-state index contributed by atoms with van der Waals surface area (Å²) in [7, 11) is -2.97. The zero-order chi connectivity index (χ0) is 60.7. The molecule has 0 saturated carbocycles. The smallest absolute Gasteiger partial charge is 0.134 e. The molecule has 1 aliphatic heterocycles. The quantitative estimate of drug-likeness (QED) is 0.101. The number of nitrogens with zero attached hydrogens (tertiary/aromatic N) is 6. The molecule has 4 aromatic heterocycles. The molecule has 0 spiro atoms. The van der Waals surface area contributed by atoms with E-state index in [2.05, 4.69) is 232 Å². The van der Waals surface area contributed by atoms with Gasteiger partial charge in [0.25, 0.3) is 0 Å². The molecule has 1 radical (unpaired) electrons. The van der Waals surface area contributed by atoms with Crippen molar-refractivity contribution in [3.8, 4) is 56.5 Å². The van der Waals surface area contributed by atoms with Crippen LogP contribution in [-0.4, -0.2) is 45.2 Å². The Balaban J connectivity index is 0.000000226. The van der Waals surface area contributed by atoms with E-state index in [1.165, 1.54) is 69.0 Å². The average Bonchev–Trinajstić information content (AvgIpc) is 1.83. The molecular formula is C76H79FIrN6OSi2-2. The summed E-state index contributed by atoms with van der Waals surface area (Å²) in [5.74, 6) is 3.40. The van der Waals surface area contributed by atoms with Gasteiger partial charge in [-0.1, -0.05) is 209 Å². The fourth-order valence-corrected chi connectivity index (χ4v) is 23.1. The molecule has 0 bridgehead atoms. The zero-order valence-electron chi connectivity index (χ0n) is 53.0. The van der Waals surface area contributed by atoms with Gasteiger partial charge in [-0.15, -0.1) is 48.0 Å². The molecule has 445 valence electrons. The number of rotatable bonds is 10. The molecule has 13 rings (SSSR count). The Labute approximate surface area is 529 Å². The third kappa shape index (κ3) is 11.3. The number of furan rings is 1. The van der Waals surface area contributed by atoms with Gasteiger partial charge in [0.1, 0.15) is 11.4 Å². The van der Waals surface area contributed by atoms with Crippen LogP contribution in [0, 0.1) is 17.9 Å². The molecule has 7 nitrogen and oxygen atoms in total. The first-order chi connectivity index (χ1) is 41.0. The third-order valence-corrected chi connectivity index (χ3v) is 25.3. The molecule has 1 aliphatic rings. The summed E-state index contributed by atoms with van der Waals surface area (Å²) in [6.45, 7) is 34.9. The number of hydrogen-bond donors (Lipinski definition) is 0. The third-order valence-electron chi connectivity index (χ3n) is 17.8. The van der Waals surface area contributed by atoms with Crippen LogP contribution in [0.1, 0.15) is 128 Å². The van der Waals surface area contributed by atoms with E-state index in [-0.39, 0.29) is 43.2 Å². The van der Waals surface area contributed by atoms with Gasteiger partial charge in [-0.05, 0) is 106 Å². The minimum atomic E-state index is -1.53. The molecule has 0 amide bonds. The van der Waals surface area contributed by atoms with Crippen molar-refractivity contribution in [1.82, 2.24) is 29.1 Å². The van der Waals surface area contributed by atoms with E-state index in [0.29, 0.717) is 11.8 Å². The molecule has 87 heavy (non-hydrogen) atoms. The number of para-hydroxylation sites is 5. The molecule has 0 saturated heterocycles. The van der Waals surface area contributed by atoms with Crippen LogP contribution in [0.2, 0.25) is 38.3 Å². The van der Waals surface area contributed by atoms with E-state index >= 15 is 0 Å². The Morgan fingerprint density at radius 3 is 1.71 bits per heavy atom. The first kappa shape index (κ1) is 61.2. The second kappa shape index (κ2) is 23.6. The number of halogens is 1. The van der Waals surface area contributed by atoms with Crippen molar-refractivity contribution in [3.63, 3.8) is 0 Å². The average molecular weight is 1360 g/mol. The van der Waals surface area contributed by atoms with Crippen molar-refractivity contribution in [2.45, 2.75) is 144 Å². The van der Waals surface area contributed by atoms with Crippen molar-refractivity contribution in [2.75, 3.05) is 0 Å². The molecule has 0 aliphatic carbocycles. The summed E-state index contributed by atoms with van der Waals surface area (Å²) in [4.78, 5) is 19.8. The second-order valence-corrected chi connectivity index (χ2v) is 36.9. The van der Waals surface area contributed by atoms with Crippen molar-refractivity contribution in [1.29, 1.82) is 0 Å². The molecule has 11 heteroatoms. The van der Waals surface area contributed by atoms with Gasteiger partial charge in [0.15, 0.2) is 0 Å². The van der Waals surface area contributed by atoms with Gasteiger partial charge >= 0.3 is 0 Å². The van der Waals surface area contributed by atoms with E-state index in [1.807, 2.05) is 36.5 Å². The summed E-state index contributed by atoms with van der Waals surface area (Å²) in [5, 5.41) is 5.47. The normalized spacial score (nSPS) is 13.9. The summed E-state index contributed by atoms with van der Waals surface area (Å²) in [5.41, 5.74) is 19.2. The van der Waals surface area contributed by atoms with Crippen LogP contribution in [-0.2, 0) is 25.5 Å². The summed E-state index contributed by atoms with van der Waals surface area (Å²) in [6.07, 6.45) is 1.85. The van der Waals surface area contributed by atoms with E-state index < -0.39 is 16.1 Å². The van der Waals surface area contributed by atoms with Crippen molar-refractivity contribution in [2.24, 2.45) is 0 Å². The Morgan fingerprint density at radius 1 is 0.540 bits per heavy atom. The number of hydrogen-bond acceptors (Lipinski definition) is 5. The van der Waals surface area contributed by atoms with E-state index in [0.717, 1.165) is 83.9 Å². The van der Waals surface area contributed by atoms with E-state index in [1.54, 1.807) is 16.4 Å². The molecule has 0 fully saturated rings. The topological polar surface area (TPSA) is 74.6 Å².